The zero-order valence-electron chi connectivity index (χ0n) is 7.60. The molecule has 0 aromatic heterocycles. The molecule has 1 amide bonds. The number of carbonyl (C=O) groups excluding carboxylic acids is 1. The number of rotatable bonds is 5. The van der Waals surface area contributed by atoms with Gasteiger partial charge in [0.1, 0.15) is 6.10 Å². The van der Waals surface area contributed by atoms with E-state index in [-0.39, 0.29) is 6.54 Å². The van der Waals surface area contributed by atoms with Gasteiger partial charge in [0.05, 0.1) is 6.04 Å². The van der Waals surface area contributed by atoms with Crippen molar-refractivity contribution in [1.82, 2.24) is 10.2 Å². The fourth-order valence-electron chi connectivity index (χ4n) is 0.886. The topological polar surface area (TPSA) is 89.9 Å². The van der Waals surface area contributed by atoms with E-state index in [9.17, 15) is 9.59 Å². The van der Waals surface area contributed by atoms with Gasteiger partial charge in [-0.3, -0.25) is 0 Å². The summed E-state index contributed by atoms with van der Waals surface area (Å²) in [6.07, 6.45) is -2.25. The van der Waals surface area contributed by atoms with Gasteiger partial charge in [0, 0.05) is 6.54 Å². The summed E-state index contributed by atoms with van der Waals surface area (Å²) in [5, 5.41) is 19.5. The van der Waals surface area contributed by atoms with Crippen molar-refractivity contribution < 1.29 is 19.8 Å². The van der Waals surface area contributed by atoms with Crippen LogP contribution in [0.4, 0.5) is 4.79 Å². The molecule has 0 bridgehead atoms. The minimum absolute atomic E-state index is 0.270. The SMILES string of the molecule is CN(C)C[C@@H](NC(=O)O)[C@@H](O)C=O. The van der Waals surface area contributed by atoms with E-state index in [0.29, 0.717) is 6.29 Å². The van der Waals surface area contributed by atoms with Crippen LogP contribution in [0.1, 0.15) is 0 Å². The van der Waals surface area contributed by atoms with Crippen LogP contribution in [0.25, 0.3) is 0 Å². The molecule has 0 heterocycles. The van der Waals surface area contributed by atoms with E-state index < -0.39 is 18.2 Å². The predicted molar refractivity (Wildman–Crippen MR) is 45.6 cm³/mol. The average Bonchev–Trinajstić information content (AvgIpc) is 2.00. The zero-order valence-corrected chi connectivity index (χ0v) is 7.60. The Kier molecular flexibility index (Phi) is 5.01. The second kappa shape index (κ2) is 5.50. The maximum absolute atomic E-state index is 10.3. The van der Waals surface area contributed by atoms with Crippen LogP contribution in [0.3, 0.4) is 0 Å². The summed E-state index contributed by atoms with van der Waals surface area (Å²) in [7, 11) is 3.43. The molecule has 2 atom stereocenters. The number of nitrogens with one attached hydrogen (secondary N) is 1. The molecule has 3 N–H and O–H groups in total. The van der Waals surface area contributed by atoms with Crippen LogP contribution in [0, 0.1) is 0 Å². The number of hydrogen-bond acceptors (Lipinski definition) is 4. The number of carboxylic acid groups (broad SMARTS) is 1. The van der Waals surface area contributed by atoms with Gasteiger partial charge in [-0.1, -0.05) is 0 Å². The molecule has 76 valence electrons. The monoisotopic (exact) mass is 190 g/mol. The van der Waals surface area contributed by atoms with Gasteiger partial charge in [-0.05, 0) is 14.1 Å². The number of likely N-dealkylation sites (N-methyl/N-ethyl adjacent to an activating group) is 1. The molecule has 0 radical (unpaired) electrons. The van der Waals surface area contributed by atoms with Crippen LogP contribution in [0.5, 0.6) is 0 Å². The van der Waals surface area contributed by atoms with Crippen LogP contribution in [0.15, 0.2) is 0 Å². The standard InChI is InChI=1S/C7H14N2O4/c1-9(2)3-5(6(11)4-10)8-7(12)13/h4-6,8,11H,3H2,1-2H3,(H,12,13)/t5-,6+/m1/s1. The molecule has 0 aromatic carbocycles. The minimum Gasteiger partial charge on any atom is -0.465 e. The van der Waals surface area contributed by atoms with E-state index in [1.807, 2.05) is 0 Å². The molecule has 0 spiro atoms. The average molecular weight is 190 g/mol. The summed E-state index contributed by atoms with van der Waals surface area (Å²) < 4.78 is 0. The second-order valence-electron chi connectivity index (χ2n) is 2.94. The molecule has 0 unspecified atom stereocenters. The molecule has 0 aromatic rings. The molecule has 0 aliphatic heterocycles. The maximum Gasteiger partial charge on any atom is 0.405 e. The van der Waals surface area contributed by atoms with Crippen molar-refractivity contribution >= 4 is 12.4 Å². The number of nitrogens with zero attached hydrogens (tertiary/aromatic N) is 1. The Morgan fingerprint density at radius 2 is 2.15 bits per heavy atom. The lowest BCUT2D eigenvalue weighted by Crippen LogP contribution is -2.49. The lowest BCUT2D eigenvalue weighted by molar-refractivity contribution is -0.116. The van der Waals surface area contributed by atoms with E-state index in [1.165, 1.54) is 0 Å². The van der Waals surface area contributed by atoms with Gasteiger partial charge in [0.15, 0.2) is 6.29 Å². The summed E-state index contributed by atoms with van der Waals surface area (Å²) in [4.78, 5) is 22.1. The van der Waals surface area contributed by atoms with E-state index in [1.54, 1.807) is 19.0 Å². The zero-order chi connectivity index (χ0) is 10.4. The largest absolute Gasteiger partial charge is 0.465 e. The van der Waals surface area contributed by atoms with Crippen molar-refractivity contribution in [3.63, 3.8) is 0 Å². The van der Waals surface area contributed by atoms with E-state index in [0.717, 1.165) is 0 Å². The van der Waals surface area contributed by atoms with Crippen LogP contribution in [-0.2, 0) is 4.79 Å². The lowest BCUT2D eigenvalue weighted by atomic mass is 10.2. The summed E-state index contributed by atoms with van der Waals surface area (Å²) in [5.74, 6) is 0. The van der Waals surface area contributed by atoms with Crippen molar-refractivity contribution in [2.75, 3.05) is 20.6 Å². The summed E-state index contributed by atoms with van der Waals surface area (Å²) in [5.41, 5.74) is 0. The molecule has 0 saturated carbocycles. The maximum atomic E-state index is 10.3. The van der Waals surface area contributed by atoms with Crippen LogP contribution < -0.4 is 5.32 Å². The molecule has 6 nitrogen and oxygen atoms in total. The van der Waals surface area contributed by atoms with Crippen molar-refractivity contribution in [2.24, 2.45) is 0 Å². The Balaban J connectivity index is 4.17. The molecular formula is C7H14N2O4. The first-order chi connectivity index (χ1) is 5.97. The van der Waals surface area contributed by atoms with Crippen molar-refractivity contribution in [1.29, 1.82) is 0 Å². The number of aliphatic hydroxyl groups excluding tert-OH is 1. The second-order valence-corrected chi connectivity index (χ2v) is 2.94. The smallest absolute Gasteiger partial charge is 0.405 e. The number of aldehydes is 1. The first-order valence-electron chi connectivity index (χ1n) is 3.75. The van der Waals surface area contributed by atoms with E-state index >= 15 is 0 Å². The Bertz CT molecular complexity index is 183. The van der Waals surface area contributed by atoms with Gasteiger partial charge in [0.25, 0.3) is 0 Å². The van der Waals surface area contributed by atoms with Crippen molar-refractivity contribution in [3.8, 4) is 0 Å². The number of aliphatic hydroxyl groups is 1. The number of amides is 1. The highest BCUT2D eigenvalue weighted by atomic mass is 16.4. The van der Waals surface area contributed by atoms with Gasteiger partial charge in [0.2, 0.25) is 0 Å². The first kappa shape index (κ1) is 11.9. The van der Waals surface area contributed by atoms with Crippen molar-refractivity contribution in [2.45, 2.75) is 12.1 Å². The third kappa shape index (κ3) is 5.15. The molecule has 0 aliphatic rings. The highest BCUT2D eigenvalue weighted by Gasteiger charge is 2.20. The van der Waals surface area contributed by atoms with Crippen LogP contribution in [-0.4, -0.2) is 60.3 Å². The lowest BCUT2D eigenvalue weighted by Gasteiger charge is -2.22. The van der Waals surface area contributed by atoms with Gasteiger partial charge in [-0.15, -0.1) is 0 Å². The Morgan fingerprint density at radius 1 is 1.62 bits per heavy atom. The van der Waals surface area contributed by atoms with Gasteiger partial charge in [-0.2, -0.15) is 0 Å². The summed E-state index contributed by atoms with van der Waals surface area (Å²) >= 11 is 0. The Hall–Kier alpha value is -1.14. The Labute approximate surface area is 76.2 Å². The highest BCUT2D eigenvalue weighted by molar-refractivity contribution is 5.67. The predicted octanol–water partition coefficient (Wildman–Crippen LogP) is -1.26. The fraction of sp³-hybridized carbons (Fsp3) is 0.714. The minimum atomic E-state index is -1.31. The summed E-state index contributed by atoms with van der Waals surface area (Å²) in [6.45, 7) is 0.270. The molecule has 6 heteroatoms. The first-order valence-corrected chi connectivity index (χ1v) is 3.75. The van der Waals surface area contributed by atoms with Gasteiger partial charge in [-0.25, -0.2) is 4.79 Å². The highest BCUT2D eigenvalue weighted by Crippen LogP contribution is 1.93. The van der Waals surface area contributed by atoms with Crippen molar-refractivity contribution in [3.05, 3.63) is 0 Å². The van der Waals surface area contributed by atoms with Gasteiger partial charge >= 0.3 is 6.09 Å². The third-order valence-corrected chi connectivity index (χ3v) is 1.42. The number of hydrogen-bond donors (Lipinski definition) is 3. The summed E-state index contributed by atoms with van der Waals surface area (Å²) in [6, 6.07) is -0.787. The quantitative estimate of drug-likeness (QED) is 0.471. The Morgan fingerprint density at radius 3 is 2.46 bits per heavy atom. The van der Waals surface area contributed by atoms with Gasteiger partial charge < -0.3 is 25.2 Å². The molecule has 0 saturated heterocycles. The molecule has 0 rings (SSSR count). The normalized spacial score (nSPS) is 15.1. The van der Waals surface area contributed by atoms with Crippen LogP contribution in [0.2, 0.25) is 0 Å². The van der Waals surface area contributed by atoms with E-state index in [2.05, 4.69) is 5.32 Å². The molecule has 13 heavy (non-hydrogen) atoms. The molecule has 0 aliphatic carbocycles. The fourth-order valence-corrected chi connectivity index (χ4v) is 0.886. The third-order valence-electron chi connectivity index (χ3n) is 1.42. The van der Waals surface area contributed by atoms with Crippen LogP contribution >= 0.6 is 0 Å². The molecule has 0 fully saturated rings. The number of carbonyl (C=O) groups is 2. The van der Waals surface area contributed by atoms with E-state index in [4.69, 9.17) is 10.2 Å². The molecular weight excluding hydrogens is 176 g/mol.